The molecule has 1 atom stereocenters. The van der Waals surface area contributed by atoms with E-state index in [1.54, 1.807) is 11.3 Å². The van der Waals surface area contributed by atoms with Crippen molar-refractivity contribution in [2.75, 3.05) is 24.6 Å². The number of aromatic nitrogens is 2. The number of amides is 1. The van der Waals surface area contributed by atoms with Gasteiger partial charge in [0, 0.05) is 25.2 Å². The third kappa shape index (κ3) is 4.36. The van der Waals surface area contributed by atoms with E-state index in [1.807, 2.05) is 37.3 Å². The third-order valence-electron chi connectivity index (χ3n) is 4.83. The lowest BCUT2D eigenvalue weighted by atomic mass is 10.1. The lowest BCUT2D eigenvalue weighted by Gasteiger charge is -2.16. The van der Waals surface area contributed by atoms with E-state index in [2.05, 4.69) is 37.9 Å². The van der Waals surface area contributed by atoms with Crippen LogP contribution >= 0.6 is 11.3 Å². The molecule has 1 aliphatic heterocycles. The molecular formula is C21H24N4O2S. The second kappa shape index (κ2) is 8.48. The Bertz CT molecular complexity index is 905. The van der Waals surface area contributed by atoms with Gasteiger partial charge in [0.2, 0.25) is 5.91 Å². The first-order chi connectivity index (χ1) is 13.7. The molecule has 0 aliphatic carbocycles. The van der Waals surface area contributed by atoms with Gasteiger partial charge in [-0.25, -0.2) is 0 Å². The third-order valence-corrected chi connectivity index (χ3v) is 5.73. The number of hydrogen-bond acceptors (Lipinski definition) is 5. The van der Waals surface area contributed by atoms with Crippen molar-refractivity contribution >= 4 is 23.1 Å². The first-order valence-corrected chi connectivity index (χ1v) is 10.4. The number of nitrogens with one attached hydrogen (secondary N) is 2. The van der Waals surface area contributed by atoms with Gasteiger partial charge in [0.15, 0.2) is 5.82 Å². The van der Waals surface area contributed by atoms with Crippen molar-refractivity contribution in [1.82, 2.24) is 15.5 Å². The number of carbonyl (C=O) groups is 1. The standard InChI is InChI=1S/C21H24N4O2S/c1-2-27-17-7-5-15(6-8-17)12-21(26)22-16-9-10-25(14-16)20-13-18(23-24-20)19-4-3-11-28-19/h3-8,11,13,16H,2,9-10,12,14H2,1H3,(H,22,26)(H,23,24). The van der Waals surface area contributed by atoms with Crippen molar-refractivity contribution in [1.29, 1.82) is 0 Å². The van der Waals surface area contributed by atoms with E-state index in [0.717, 1.165) is 42.3 Å². The fraction of sp³-hybridized carbons (Fsp3) is 0.333. The summed E-state index contributed by atoms with van der Waals surface area (Å²) >= 11 is 1.69. The smallest absolute Gasteiger partial charge is 0.224 e. The van der Waals surface area contributed by atoms with Crippen LogP contribution in [0, 0.1) is 0 Å². The molecule has 1 amide bonds. The quantitative estimate of drug-likeness (QED) is 0.642. The molecule has 0 saturated carbocycles. The molecule has 4 rings (SSSR count). The zero-order valence-corrected chi connectivity index (χ0v) is 16.7. The summed E-state index contributed by atoms with van der Waals surface area (Å²) in [4.78, 5) is 15.8. The fourth-order valence-electron chi connectivity index (χ4n) is 3.45. The minimum Gasteiger partial charge on any atom is -0.494 e. The van der Waals surface area contributed by atoms with Crippen molar-refractivity contribution < 1.29 is 9.53 Å². The van der Waals surface area contributed by atoms with Crippen molar-refractivity contribution in [3.05, 3.63) is 53.4 Å². The molecule has 1 aliphatic rings. The molecule has 2 N–H and O–H groups in total. The van der Waals surface area contributed by atoms with E-state index >= 15 is 0 Å². The topological polar surface area (TPSA) is 70.2 Å². The molecule has 2 aromatic heterocycles. The van der Waals surface area contributed by atoms with Gasteiger partial charge in [0.25, 0.3) is 0 Å². The Morgan fingerprint density at radius 3 is 2.96 bits per heavy atom. The van der Waals surface area contributed by atoms with E-state index in [-0.39, 0.29) is 11.9 Å². The molecular weight excluding hydrogens is 372 g/mol. The maximum absolute atomic E-state index is 12.4. The second-order valence-corrected chi connectivity index (χ2v) is 7.82. The molecule has 146 valence electrons. The van der Waals surface area contributed by atoms with E-state index in [9.17, 15) is 4.79 Å². The molecule has 1 aromatic carbocycles. The van der Waals surface area contributed by atoms with Crippen LogP contribution in [0.15, 0.2) is 47.8 Å². The zero-order chi connectivity index (χ0) is 19.3. The lowest BCUT2D eigenvalue weighted by molar-refractivity contribution is -0.121. The summed E-state index contributed by atoms with van der Waals surface area (Å²) in [7, 11) is 0. The van der Waals surface area contributed by atoms with E-state index in [0.29, 0.717) is 13.0 Å². The number of benzene rings is 1. The predicted molar refractivity (Wildman–Crippen MR) is 112 cm³/mol. The number of anilines is 1. The number of carbonyl (C=O) groups excluding carboxylic acids is 1. The fourth-order valence-corrected chi connectivity index (χ4v) is 4.14. The van der Waals surface area contributed by atoms with Gasteiger partial charge in [-0.1, -0.05) is 18.2 Å². The van der Waals surface area contributed by atoms with Gasteiger partial charge in [0.1, 0.15) is 5.75 Å². The van der Waals surface area contributed by atoms with Crippen LogP contribution in [-0.4, -0.2) is 41.8 Å². The Labute approximate surface area is 168 Å². The highest BCUT2D eigenvalue weighted by Crippen LogP contribution is 2.27. The molecule has 3 heterocycles. The Kier molecular flexibility index (Phi) is 5.62. The zero-order valence-electron chi connectivity index (χ0n) is 15.9. The molecule has 6 nitrogen and oxygen atoms in total. The summed E-state index contributed by atoms with van der Waals surface area (Å²) in [6, 6.07) is 14.1. The molecule has 1 fully saturated rings. The number of aromatic amines is 1. The summed E-state index contributed by atoms with van der Waals surface area (Å²) in [5.41, 5.74) is 2.02. The Hall–Kier alpha value is -2.80. The van der Waals surface area contributed by atoms with Gasteiger partial charge < -0.3 is 15.0 Å². The average molecular weight is 397 g/mol. The van der Waals surface area contributed by atoms with E-state index < -0.39 is 0 Å². The normalized spacial score (nSPS) is 16.3. The van der Waals surface area contributed by atoms with E-state index in [1.165, 1.54) is 4.88 Å². The molecule has 7 heteroatoms. The van der Waals surface area contributed by atoms with Crippen LogP contribution in [0.3, 0.4) is 0 Å². The van der Waals surface area contributed by atoms with Crippen molar-refractivity contribution in [2.45, 2.75) is 25.8 Å². The highest BCUT2D eigenvalue weighted by molar-refractivity contribution is 7.13. The van der Waals surface area contributed by atoms with Crippen LogP contribution in [0.1, 0.15) is 18.9 Å². The molecule has 0 radical (unpaired) electrons. The van der Waals surface area contributed by atoms with E-state index in [4.69, 9.17) is 4.74 Å². The van der Waals surface area contributed by atoms with Gasteiger partial charge >= 0.3 is 0 Å². The first-order valence-electron chi connectivity index (χ1n) is 9.56. The monoisotopic (exact) mass is 396 g/mol. The van der Waals surface area contributed by atoms with Gasteiger partial charge in [-0.3, -0.25) is 9.89 Å². The molecule has 28 heavy (non-hydrogen) atoms. The van der Waals surface area contributed by atoms with Crippen molar-refractivity contribution in [3.8, 4) is 16.3 Å². The number of rotatable bonds is 7. The van der Waals surface area contributed by atoms with Gasteiger partial charge in [-0.05, 0) is 42.5 Å². The van der Waals surface area contributed by atoms with Crippen molar-refractivity contribution in [2.24, 2.45) is 0 Å². The summed E-state index contributed by atoms with van der Waals surface area (Å²) in [6.45, 7) is 4.27. The second-order valence-electron chi connectivity index (χ2n) is 6.87. The number of ether oxygens (including phenoxy) is 1. The molecule has 0 bridgehead atoms. The summed E-state index contributed by atoms with van der Waals surface area (Å²) in [5, 5.41) is 12.8. The van der Waals surface area contributed by atoms with Crippen LogP contribution in [-0.2, 0) is 11.2 Å². The predicted octanol–water partition coefficient (Wildman–Crippen LogP) is 3.47. The van der Waals surface area contributed by atoms with Crippen LogP contribution in [0.2, 0.25) is 0 Å². The SMILES string of the molecule is CCOc1ccc(CC(=O)NC2CCN(c3cc(-c4cccs4)[nH]n3)C2)cc1. The number of nitrogens with zero attached hydrogens (tertiary/aromatic N) is 2. The van der Waals surface area contributed by atoms with Crippen LogP contribution < -0.4 is 15.0 Å². The Balaban J connectivity index is 1.29. The van der Waals surface area contributed by atoms with Gasteiger partial charge in [-0.2, -0.15) is 5.10 Å². The maximum atomic E-state index is 12.4. The van der Waals surface area contributed by atoms with Gasteiger partial charge in [0.05, 0.1) is 23.6 Å². The number of thiophene rings is 1. The molecule has 0 spiro atoms. The summed E-state index contributed by atoms with van der Waals surface area (Å²) in [5.74, 6) is 1.82. The summed E-state index contributed by atoms with van der Waals surface area (Å²) in [6.07, 6.45) is 1.31. The van der Waals surface area contributed by atoms with Crippen LogP contribution in [0.4, 0.5) is 5.82 Å². The average Bonchev–Trinajstić information content (AvgIpc) is 3.44. The Morgan fingerprint density at radius 2 is 2.21 bits per heavy atom. The van der Waals surface area contributed by atoms with Crippen LogP contribution in [0.5, 0.6) is 5.75 Å². The lowest BCUT2D eigenvalue weighted by Crippen LogP contribution is -2.38. The maximum Gasteiger partial charge on any atom is 0.224 e. The highest BCUT2D eigenvalue weighted by atomic mass is 32.1. The number of hydrogen-bond donors (Lipinski definition) is 2. The molecule has 3 aromatic rings. The molecule has 1 unspecified atom stereocenters. The summed E-state index contributed by atoms with van der Waals surface area (Å²) < 4.78 is 5.44. The first kappa shape index (κ1) is 18.6. The minimum absolute atomic E-state index is 0.0531. The number of H-pyrrole nitrogens is 1. The molecule has 1 saturated heterocycles. The largest absolute Gasteiger partial charge is 0.494 e. The highest BCUT2D eigenvalue weighted by Gasteiger charge is 2.25. The van der Waals surface area contributed by atoms with Gasteiger partial charge in [-0.15, -0.1) is 11.3 Å². The van der Waals surface area contributed by atoms with Crippen LogP contribution in [0.25, 0.3) is 10.6 Å². The minimum atomic E-state index is 0.0531. The van der Waals surface area contributed by atoms with Crippen molar-refractivity contribution in [3.63, 3.8) is 0 Å². The Morgan fingerprint density at radius 1 is 1.36 bits per heavy atom.